The fourth-order valence-corrected chi connectivity index (χ4v) is 3.40. The number of nitrogens with zero attached hydrogens (tertiary/aromatic N) is 3. The van der Waals surface area contributed by atoms with Crippen molar-refractivity contribution in [1.29, 1.82) is 0 Å². The van der Waals surface area contributed by atoms with E-state index in [2.05, 4.69) is 9.82 Å². The lowest BCUT2D eigenvalue weighted by atomic mass is 10.2. The van der Waals surface area contributed by atoms with Crippen molar-refractivity contribution < 1.29 is 17.9 Å². The number of hydrogen-bond acceptors (Lipinski definition) is 5. The first-order chi connectivity index (χ1) is 10.1. The minimum atomic E-state index is -3.60. The quantitative estimate of drug-likeness (QED) is 0.890. The van der Waals surface area contributed by atoms with Crippen LogP contribution in [0.25, 0.3) is 0 Å². The molecule has 1 amide bonds. The van der Waals surface area contributed by atoms with E-state index in [4.69, 9.17) is 4.74 Å². The number of amides is 1. The molecule has 0 saturated heterocycles. The maximum atomic E-state index is 12.2. The predicted octanol–water partition coefficient (Wildman–Crippen LogP) is 0.932. The molecule has 9 heteroatoms. The van der Waals surface area contributed by atoms with Crippen LogP contribution in [0.5, 0.6) is 0 Å². The van der Waals surface area contributed by atoms with Crippen molar-refractivity contribution in [3.63, 3.8) is 0 Å². The van der Waals surface area contributed by atoms with Crippen LogP contribution in [0.15, 0.2) is 11.1 Å². The summed E-state index contributed by atoms with van der Waals surface area (Å²) in [5, 5.41) is 4.09. The van der Waals surface area contributed by atoms with Crippen molar-refractivity contribution in [2.45, 2.75) is 51.3 Å². The van der Waals surface area contributed by atoms with Crippen LogP contribution in [0.4, 0.5) is 4.79 Å². The van der Waals surface area contributed by atoms with Gasteiger partial charge in [-0.3, -0.25) is 4.68 Å². The van der Waals surface area contributed by atoms with Crippen LogP contribution in [-0.4, -0.2) is 47.9 Å². The van der Waals surface area contributed by atoms with Gasteiger partial charge in [-0.25, -0.2) is 17.9 Å². The van der Waals surface area contributed by atoms with Gasteiger partial charge in [0, 0.05) is 13.1 Å². The fourth-order valence-electron chi connectivity index (χ4n) is 2.20. The highest BCUT2D eigenvalue weighted by Gasteiger charge is 2.31. The Morgan fingerprint density at radius 2 is 2.09 bits per heavy atom. The van der Waals surface area contributed by atoms with Crippen LogP contribution in [-0.2, 0) is 27.8 Å². The van der Waals surface area contributed by atoms with Crippen LogP contribution in [0.2, 0.25) is 0 Å². The third kappa shape index (κ3) is 3.58. The lowest BCUT2D eigenvalue weighted by Crippen LogP contribution is -2.42. The Morgan fingerprint density at radius 3 is 2.68 bits per heavy atom. The van der Waals surface area contributed by atoms with E-state index in [-0.39, 0.29) is 11.4 Å². The van der Waals surface area contributed by atoms with Crippen molar-refractivity contribution in [3.05, 3.63) is 11.9 Å². The highest BCUT2D eigenvalue weighted by atomic mass is 32.2. The van der Waals surface area contributed by atoms with Gasteiger partial charge in [-0.05, 0) is 20.8 Å². The van der Waals surface area contributed by atoms with Crippen molar-refractivity contribution in [2.24, 2.45) is 0 Å². The van der Waals surface area contributed by atoms with Gasteiger partial charge >= 0.3 is 6.09 Å². The summed E-state index contributed by atoms with van der Waals surface area (Å²) in [6.07, 6.45) is 0.873. The van der Waals surface area contributed by atoms with E-state index < -0.39 is 21.7 Å². The molecule has 1 N–H and O–H groups in total. The largest absolute Gasteiger partial charge is 0.444 e. The Kier molecular flexibility index (Phi) is 4.48. The topological polar surface area (TPSA) is 93.5 Å². The molecule has 1 aliphatic rings. The van der Waals surface area contributed by atoms with Crippen molar-refractivity contribution in [1.82, 2.24) is 19.4 Å². The molecule has 0 saturated carbocycles. The Morgan fingerprint density at radius 1 is 1.41 bits per heavy atom. The van der Waals surface area contributed by atoms with Gasteiger partial charge in [-0.1, -0.05) is 6.92 Å². The van der Waals surface area contributed by atoms with Gasteiger partial charge in [0.1, 0.15) is 10.5 Å². The van der Waals surface area contributed by atoms with Crippen LogP contribution in [0.1, 0.15) is 33.4 Å². The molecular formula is C13H22N4O4S. The lowest BCUT2D eigenvalue weighted by molar-refractivity contribution is 0.0192. The Labute approximate surface area is 130 Å². The maximum Gasteiger partial charge on any atom is 0.410 e. The fraction of sp³-hybridized carbons (Fsp3) is 0.692. The van der Waals surface area contributed by atoms with Gasteiger partial charge in [0.15, 0.2) is 0 Å². The van der Waals surface area contributed by atoms with Gasteiger partial charge in [-0.2, -0.15) is 5.10 Å². The molecule has 0 spiro atoms. The maximum absolute atomic E-state index is 12.2. The predicted molar refractivity (Wildman–Crippen MR) is 79.7 cm³/mol. The van der Waals surface area contributed by atoms with E-state index in [1.807, 2.05) is 0 Å². The first kappa shape index (κ1) is 16.8. The molecule has 0 fully saturated rings. The molecule has 8 nitrogen and oxygen atoms in total. The van der Waals surface area contributed by atoms with Crippen LogP contribution in [0.3, 0.4) is 0 Å². The van der Waals surface area contributed by atoms with Gasteiger partial charge in [-0.15, -0.1) is 0 Å². The summed E-state index contributed by atoms with van der Waals surface area (Å²) in [5.41, 5.74) is -0.0916. The number of hydrogen-bond donors (Lipinski definition) is 1. The highest BCUT2D eigenvalue weighted by molar-refractivity contribution is 7.89. The van der Waals surface area contributed by atoms with Crippen molar-refractivity contribution in [3.8, 4) is 0 Å². The van der Waals surface area contributed by atoms with Gasteiger partial charge in [0.05, 0.1) is 25.0 Å². The van der Waals surface area contributed by atoms with E-state index in [9.17, 15) is 13.2 Å². The SMILES string of the molecule is CCNS(=O)(=O)c1cnn2c1CN(C(=O)OC(C)(C)C)CC2. The molecule has 0 unspecified atom stereocenters. The second kappa shape index (κ2) is 5.88. The minimum Gasteiger partial charge on any atom is -0.444 e. The molecule has 2 heterocycles. The zero-order valence-electron chi connectivity index (χ0n) is 13.3. The number of sulfonamides is 1. The molecule has 1 aliphatic heterocycles. The average molecular weight is 330 g/mol. The molecule has 0 aromatic carbocycles. The zero-order chi connectivity index (χ0) is 16.5. The van der Waals surface area contributed by atoms with E-state index in [0.29, 0.717) is 25.3 Å². The van der Waals surface area contributed by atoms with Crippen LogP contribution in [0, 0.1) is 0 Å². The molecule has 1 aromatic rings. The Bertz CT molecular complexity index is 660. The van der Waals surface area contributed by atoms with Crippen molar-refractivity contribution in [2.75, 3.05) is 13.1 Å². The second-order valence-electron chi connectivity index (χ2n) is 6.08. The van der Waals surface area contributed by atoms with E-state index >= 15 is 0 Å². The Balaban J connectivity index is 2.23. The summed E-state index contributed by atoms with van der Waals surface area (Å²) >= 11 is 0. The Hall–Kier alpha value is -1.61. The molecule has 124 valence electrons. The summed E-state index contributed by atoms with van der Waals surface area (Å²) in [5.74, 6) is 0. The number of rotatable bonds is 3. The van der Waals surface area contributed by atoms with E-state index in [1.54, 1.807) is 32.4 Å². The first-order valence-electron chi connectivity index (χ1n) is 7.16. The normalized spacial score (nSPS) is 15.5. The first-order valence-corrected chi connectivity index (χ1v) is 8.64. The number of nitrogens with one attached hydrogen (secondary N) is 1. The number of carbonyl (C=O) groups is 1. The number of aromatic nitrogens is 2. The molecule has 0 atom stereocenters. The molecule has 0 bridgehead atoms. The smallest absolute Gasteiger partial charge is 0.410 e. The number of ether oxygens (including phenoxy) is 1. The third-order valence-electron chi connectivity index (χ3n) is 3.11. The summed E-state index contributed by atoms with van der Waals surface area (Å²) in [6.45, 7) is 8.42. The van der Waals surface area contributed by atoms with Crippen LogP contribution < -0.4 is 4.72 Å². The summed E-state index contributed by atoms with van der Waals surface area (Å²) in [4.78, 5) is 13.7. The summed E-state index contributed by atoms with van der Waals surface area (Å²) < 4.78 is 33.7. The highest BCUT2D eigenvalue weighted by Crippen LogP contribution is 2.22. The minimum absolute atomic E-state index is 0.114. The standard InChI is InChI=1S/C13H22N4O4S/c1-5-15-22(19,20)11-8-14-17-7-6-16(9-10(11)17)12(18)21-13(2,3)4/h8,15H,5-7,9H2,1-4H3. The molecule has 1 aromatic heterocycles. The molecule has 22 heavy (non-hydrogen) atoms. The summed E-state index contributed by atoms with van der Waals surface area (Å²) in [6, 6.07) is 0. The molecule has 0 aliphatic carbocycles. The van der Waals surface area contributed by atoms with Gasteiger partial charge < -0.3 is 9.64 Å². The van der Waals surface area contributed by atoms with E-state index in [1.165, 1.54) is 11.1 Å². The molecule has 0 radical (unpaired) electrons. The monoisotopic (exact) mass is 330 g/mol. The average Bonchev–Trinajstić information content (AvgIpc) is 2.79. The van der Waals surface area contributed by atoms with Gasteiger partial charge in [0.25, 0.3) is 0 Å². The zero-order valence-corrected chi connectivity index (χ0v) is 14.1. The number of fused-ring (bicyclic) bond motifs is 1. The second-order valence-corrected chi connectivity index (χ2v) is 7.82. The van der Waals surface area contributed by atoms with Gasteiger partial charge in [0.2, 0.25) is 10.0 Å². The molecule has 2 rings (SSSR count). The molecular weight excluding hydrogens is 308 g/mol. The lowest BCUT2D eigenvalue weighted by Gasteiger charge is -2.30. The number of carbonyl (C=O) groups excluding carboxylic acids is 1. The third-order valence-corrected chi connectivity index (χ3v) is 4.70. The summed E-state index contributed by atoms with van der Waals surface area (Å²) in [7, 11) is -3.60. The van der Waals surface area contributed by atoms with E-state index in [0.717, 1.165) is 0 Å². The van der Waals surface area contributed by atoms with Crippen molar-refractivity contribution >= 4 is 16.1 Å². The van der Waals surface area contributed by atoms with Crippen LogP contribution >= 0.6 is 0 Å².